The summed E-state index contributed by atoms with van der Waals surface area (Å²) in [5.74, 6) is 0.880. The van der Waals surface area contributed by atoms with Crippen LogP contribution in [0.4, 0.5) is 11.5 Å². The molecule has 0 aliphatic carbocycles. The molecule has 2 N–H and O–H groups in total. The summed E-state index contributed by atoms with van der Waals surface area (Å²) in [4.78, 5) is 12.2. The molecule has 3 heterocycles. The number of anilines is 2. The van der Waals surface area contributed by atoms with Crippen molar-refractivity contribution in [2.24, 2.45) is 0 Å². The van der Waals surface area contributed by atoms with Crippen molar-refractivity contribution in [2.45, 2.75) is 19.4 Å². The molecule has 1 aliphatic heterocycles. The van der Waals surface area contributed by atoms with Crippen LogP contribution in [0, 0.1) is 0 Å². The fourth-order valence-corrected chi connectivity index (χ4v) is 4.40. The average molecular weight is 419 g/mol. The minimum Gasteiger partial charge on any atom is -0.389 e. The highest BCUT2D eigenvalue weighted by Gasteiger charge is 2.20. The summed E-state index contributed by atoms with van der Waals surface area (Å²) in [5.41, 5.74) is 2.14. The number of morpholine rings is 1. The van der Waals surface area contributed by atoms with Gasteiger partial charge in [-0.05, 0) is 49.2 Å². The average Bonchev–Trinajstić information content (AvgIpc) is 3.10. The fourth-order valence-electron chi connectivity index (χ4n) is 3.12. The second-order valence-electron chi connectivity index (χ2n) is 7.49. The minimum absolute atomic E-state index is 0.263. The molecule has 0 spiro atoms. The molecule has 3 aromatic rings. The fraction of sp³-hybridized carbons (Fsp3) is 0.400. The van der Waals surface area contributed by atoms with Crippen LogP contribution in [-0.2, 0) is 4.74 Å². The van der Waals surface area contributed by atoms with Gasteiger partial charge in [-0.2, -0.15) is 4.98 Å². The molecule has 2 aromatic heterocycles. The minimum atomic E-state index is -0.771. The largest absolute Gasteiger partial charge is 0.389 e. The van der Waals surface area contributed by atoms with Gasteiger partial charge >= 0.3 is 0 Å². The molecular weight excluding hydrogens is 396 g/mol. The van der Waals surface area contributed by atoms with Gasteiger partial charge in [-0.25, -0.2) is 4.98 Å². The lowest BCUT2D eigenvalue weighted by atomic mass is 10.1. The Morgan fingerprint density at radius 2 is 2.04 bits per heavy atom. The van der Waals surface area contributed by atoms with E-state index in [1.807, 2.05) is 12.1 Å². The number of ether oxygens (including phenoxy) is 1. The molecule has 1 fully saturated rings. The molecule has 0 saturated carbocycles. The van der Waals surface area contributed by atoms with Crippen LogP contribution in [0.15, 0.2) is 30.3 Å². The molecule has 1 aromatic carbocycles. The number of aromatic nitrogens is 2. The predicted molar refractivity (Wildman–Crippen MR) is 116 cm³/mol. The third kappa shape index (κ3) is 4.38. The zero-order valence-electron chi connectivity index (χ0n) is 15.9. The highest BCUT2D eigenvalue weighted by Crippen LogP contribution is 2.38. The van der Waals surface area contributed by atoms with Gasteiger partial charge in [0.25, 0.3) is 0 Å². The van der Waals surface area contributed by atoms with Crippen molar-refractivity contribution < 1.29 is 9.84 Å². The van der Waals surface area contributed by atoms with E-state index in [0.29, 0.717) is 19.8 Å². The number of aliphatic hydroxyl groups is 1. The quantitative estimate of drug-likeness (QED) is 0.609. The zero-order chi connectivity index (χ0) is 19.7. The van der Waals surface area contributed by atoms with Crippen molar-refractivity contribution >= 4 is 44.7 Å². The maximum absolute atomic E-state index is 9.94. The number of fused-ring (bicyclic) bond motifs is 1. The SMILES string of the molecule is CC(C)(O)CNc1cccc(-c2cc3nc(Cl)nc(N4CCOCC4)c3s2)c1. The molecule has 0 unspecified atom stereocenters. The molecule has 148 valence electrons. The van der Waals surface area contributed by atoms with Crippen LogP contribution in [0.3, 0.4) is 0 Å². The molecule has 0 amide bonds. The first-order valence-corrected chi connectivity index (χ1v) is 10.4. The van der Waals surface area contributed by atoms with Crippen molar-refractivity contribution in [3.05, 3.63) is 35.6 Å². The number of thiophene rings is 1. The first-order valence-electron chi connectivity index (χ1n) is 9.25. The number of nitrogens with one attached hydrogen (secondary N) is 1. The Morgan fingerprint density at radius 1 is 1.25 bits per heavy atom. The van der Waals surface area contributed by atoms with E-state index in [9.17, 15) is 5.11 Å². The highest BCUT2D eigenvalue weighted by molar-refractivity contribution is 7.22. The summed E-state index contributed by atoms with van der Waals surface area (Å²) in [6, 6.07) is 10.2. The molecule has 28 heavy (non-hydrogen) atoms. The van der Waals surface area contributed by atoms with Crippen molar-refractivity contribution in [1.82, 2.24) is 9.97 Å². The molecule has 6 nitrogen and oxygen atoms in total. The Bertz CT molecular complexity index is 980. The van der Waals surface area contributed by atoms with Gasteiger partial charge in [-0.1, -0.05) is 12.1 Å². The monoisotopic (exact) mass is 418 g/mol. The van der Waals surface area contributed by atoms with Crippen LogP contribution < -0.4 is 10.2 Å². The Balaban J connectivity index is 1.68. The van der Waals surface area contributed by atoms with Crippen molar-refractivity contribution in [2.75, 3.05) is 43.1 Å². The van der Waals surface area contributed by atoms with Crippen molar-refractivity contribution in [3.8, 4) is 10.4 Å². The first kappa shape index (κ1) is 19.4. The number of benzene rings is 1. The van der Waals surface area contributed by atoms with Gasteiger partial charge in [0, 0.05) is 30.2 Å². The Labute approximate surface area is 173 Å². The van der Waals surface area contributed by atoms with E-state index in [1.165, 1.54) is 0 Å². The number of halogens is 1. The number of nitrogens with zero attached hydrogens (tertiary/aromatic N) is 3. The topological polar surface area (TPSA) is 70.5 Å². The standard InChI is InChI=1S/C20H23ClN4O2S/c1-20(2,26)12-22-14-5-3-4-13(10-14)16-11-15-17(28-16)18(24-19(21)23-15)25-6-8-27-9-7-25/h3-5,10-11,22,26H,6-9,12H2,1-2H3. The van der Waals surface area contributed by atoms with E-state index in [1.54, 1.807) is 25.2 Å². The summed E-state index contributed by atoms with van der Waals surface area (Å²) in [6.45, 7) is 7.02. The van der Waals surface area contributed by atoms with E-state index in [2.05, 4.69) is 38.4 Å². The van der Waals surface area contributed by atoms with Gasteiger partial charge in [0.05, 0.1) is 29.0 Å². The normalized spacial score (nSPS) is 15.2. The van der Waals surface area contributed by atoms with Gasteiger partial charge in [-0.3, -0.25) is 0 Å². The first-order chi connectivity index (χ1) is 13.4. The number of hydrogen-bond donors (Lipinski definition) is 2. The van der Waals surface area contributed by atoms with Crippen LogP contribution in [0.2, 0.25) is 5.28 Å². The van der Waals surface area contributed by atoms with Crippen LogP contribution >= 0.6 is 22.9 Å². The Morgan fingerprint density at radius 3 is 2.79 bits per heavy atom. The lowest BCUT2D eigenvalue weighted by Gasteiger charge is -2.28. The third-order valence-electron chi connectivity index (χ3n) is 4.51. The van der Waals surface area contributed by atoms with E-state index >= 15 is 0 Å². The van der Waals surface area contributed by atoms with Crippen LogP contribution in [-0.4, -0.2) is 53.5 Å². The maximum Gasteiger partial charge on any atom is 0.224 e. The predicted octanol–water partition coefficient (Wildman–Crippen LogP) is 4.03. The second kappa shape index (κ2) is 7.83. The van der Waals surface area contributed by atoms with Crippen LogP contribution in [0.1, 0.15) is 13.8 Å². The summed E-state index contributed by atoms with van der Waals surface area (Å²) < 4.78 is 6.50. The van der Waals surface area contributed by atoms with E-state index in [0.717, 1.165) is 45.3 Å². The summed E-state index contributed by atoms with van der Waals surface area (Å²) in [5, 5.41) is 13.5. The molecule has 0 bridgehead atoms. The molecule has 1 saturated heterocycles. The van der Waals surface area contributed by atoms with Crippen molar-refractivity contribution in [1.29, 1.82) is 0 Å². The third-order valence-corrected chi connectivity index (χ3v) is 5.85. The maximum atomic E-state index is 9.94. The van der Waals surface area contributed by atoms with Crippen LogP contribution in [0.25, 0.3) is 20.7 Å². The van der Waals surface area contributed by atoms with Gasteiger partial charge in [0.15, 0.2) is 5.82 Å². The summed E-state index contributed by atoms with van der Waals surface area (Å²) >= 11 is 7.87. The highest BCUT2D eigenvalue weighted by atomic mass is 35.5. The zero-order valence-corrected chi connectivity index (χ0v) is 17.5. The van der Waals surface area contributed by atoms with Crippen LogP contribution in [0.5, 0.6) is 0 Å². The van der Waals surface area contributed by atoms with E-state index in [-0.39, 0.29) is 5.28 Å². The lowest BCUT2D eigenvalue weighted by Crippen LogP contribution is -2.36. The number of hydrogen-bond acceptors (Lipinski definition) is 7. The lowest BCUT2D eigenvalue weighted by molar-refractivity contribution is 0.0945. The molecule has 8 heteroatoms. The van der Waals surface area contributed by atoms with E-state index in [4.69, 9.17) is 16.3 Å². The molecule has 0 radical (unpaired) electrons. The van der Waals surface area contributed by atoms with Gasteiger partial charge < -0.3 is 20.1 Å². The van der Waals surface area contributed by atoms with Crippen molar-refractivity contribution in [3.63, 3.8) is 0 Å². The van der Waals surface area contributed by atoms with E-state index < -0.39 is 5.60 Å². The number of rotatable bonds is 5. The summed E-state index contributed by atoms with van der Waals surface area (Å²) in [6.07, 6.45) is 0. The Hall–Kier alpha value is -1.93. The molecule has 0 atom stereocenters. The molecular formula is C20H23ClN4O2S. The van der Waals surface area contributed by atoms with Gasteiger partial charge in [-0.15, -0.1) is 11.3 Å². The molecule has 1 aliphatic rings. The smallest absolute Gasteiger partial charge is 0.224 e. The summed E-state index contributed by atoms with van der Waals surface area (Å²) in [7, 11) is 0. The van der Waals surface area contributed by atoms with Gasteiger partial charge in [0.1, 0.15) is 0 Å². The van der Waals surface area contributed by atoms with Gasteiger partial charge in [0.2, 0.25) is 5.28 Å². The second-order valence-corrected chi connectivity index (χ2v) is 8.88. The molecule has 4 rings (SSSR count). The Kier molecular flexibility index (Phi) is 5.42.